The van der Waals surface area contributed by atoms with E-state index in [4.69, 9.17) is 0 Å². The summed E-state index contributed by atoms with van der Waals surface area (Å²) < 4.78 is 0. The summed E-state index contributed by atoms with van der Waals surface area (Å²) in [7, 11) is 4.28. The van der Waals surface area contributed by atoms with Crippen molar-refractivity contribution in [2.45, 2.75) is 45.2 Å². The van der Waals surface area contributed by atoms with Gasteiger partial charge in [-0.05, 0) is 39.5 Å². The van der Waals surface area contributed by atoms with Gasteiger partial charge in [0.1, 0.15) is 0 Å². The van der Waals surface area contributed by atoms with Crippen LogP contribution in [-0.2, 0) is 0 Å². The minimum Gasteiger partial charge on any atom is -0.312 e. The SMILES string of the molecule is CCCCCN(C)C(C)C(NC)c1ccccc1. The number of hydrogen-bond donors (Lipinski definition) is 1. The third-order valence-electron chi connectivity index (χ3n) is 3.76. The molecule has 0 fully saturated rings. The molecule has 0 bridgehead atoms. The second-order valence-electron chi connectivity index (χ2n) is 5.11. The van der Waals surface area contributed by atoms with E-state index in [9.17, 15) is 0 Å². The Labute approximate surface area is 112 Å². The first-order chi connectivity index (χ1) is 8.70. The molecule has 0 saturated carbocycles. The van der Waals surface area contributed by atoms with Gasteiger partial charge in [-0.1, -0.05) is 50.1 Å². The lowest BCUT2D eigenvalue weighted by Crippen LogP contribution is -2.40. The topological polar surface area (TPSA) is 15.3 Å². The lowest BCUT2D eigenvalue weighted by atomic mass is 9.99. The number of rotatable bonds is 8. The van der Waals surface area contributed by atoms with E-state index in [1.807, 2.05) is 7.05 Å². The molecule has 102 valence electrons. The maximum Gasteiger partial charge on any atom is 0.0472 e. The van der Waals surface area contributed by atoms with Crippen LogP contribution in [0.25, 0.3) is 0 Å². The van der Waals surface area contributed by atoms with Crippen molar-refractivity contribution in [2.24, 2.45) is 0 Å². The van der Waals surface area contributed by atoms with Gasteiger partial charge in [-0.25, -0.2) is 0 Å². The van der Waals surface area contributed by atoms with Gasteiger partial charge < -0.3 is 10.2 Å². The summed E-state index contributed by atoms with van der Waals surface area (Å²) in [6.45, 7) is 5.74. The molecule has 0 amide bonds. The van der Waals surface area contributed by atoms with E-state index in [1.54, 1.807) is 0 Å². The van der Waals surface area contributed by atoms with Gasteiger partial charge in [0, 0.05) is 12.1 Å². The minimum absolute atomic E-state index is 0.401. The molecule has 2 atom stereocenters. The fourth-order valence-corrected chi connectivity index (χ4v) is 2.42. The molecule has 1 aromatic carbocycles. The highest BCUT2D eigenvalue weighted by molar-refractivity contribution is 5.20. The Bertz CT molecular complexity index is 310. The molecule has 18 heavy (non-hydrogen) atoms. The van der Waals surface area contributed by atoms with Gasteiger partial charge in [0.2, 0.25) is 0 Å². The van der Waals surface area contributed by atoms with Crippen molar-refractivity contribution in [1.29, 1.82) is 0 Å². The molecule has 1 aromatic rings. The molecular weight excluding hydrogens is 220 g/mol. The van der Waals surface area contributed by atoms with Crippen molar-refractivity contribution in [1.82, 2.24) is 10.2 Å². The van der Waals surface area contributed by atoms with Crippen LogP contribution in [0.15, 0.2) is 30.3 Å². The molecule has 2 heteroatoms. The fourth-order valence-electron chi connectivity index (χ4n) is 2.42. The van der Waals surface area contributed by atoms with Crippen molar-refractivity contribution < 1.29 is 0 Å². The van der Waals surface area contributed by atoms with Gasteiger partial charge in [-0.2, -0.15) is 0 Å². The molecule has 0 aliphatic carbocycles. The second-order valence-corrected chi connectivity index (χ2v) is 5.11. The molecule has 0 saturated heterocycles. The zero-order valence-electron chi connectivity index (χ0n) is 12.3. The molecule has 0 aliphatic rings. The molecule has 0 spiro atoms. The van der Waals surface area contributed by atoms with Crippen LogP contribution >= 0.6 is 0 Å². The van der Waals surface area contributed by atoms with E-state index in [1.165, 1.54) is 31.4 Å². The Kier molecular flexibility index (Phi) is 6.99. The van der Waals surface area contributed by atoms with E-state index in [0.717, 1.165) is 0 Å². The van der Waals surface area contributed by atoms with Crippen LogP contribution in [0.2, 0.25) is 0 Å². The van der Waals surface area contributed by atoms with E-state index in [0.29, 0.717) is 12.1 Å². The predicted octanol–water partition coefficient (Wildman–Crippen LogP) is 3.46. The lowest BCUT2D eigenvalue weighted by molar-refractivity contribution is 0.208. The molecule has 2 nitrogen and oxygen atoms in total. The van der Waals surface area contributed by atoms with Crippen LogP contribution in [0.4, 0.5) is 0 Å². The smallest absolute Gasteiger partial charge is 0.0472 e. The van der Waals surface area contributed by atoms with E-state index in [-0.39, 0.29) is 0 Å². The summed E-state index contributed by atoms with van der Waals surface area (Å²) in [6.07, 6.45) is 3.91. The quantitative estimate of drug-likeness (QED) is 0.709. The number of benzene rings is 1. The summed E-state index contributed by atoms with van der Waals surface area (Å²) in [5, 5.41) is 3.45. The van der Waals surface area contributed by atoms with Crippen LogP contribution in [0, 0.1) is 0 Å². The Morgan fingerprint density at radius 2 is 1.83 bits per heavy atom. The van der Waals surface area contributed by atoms with Crippen molar-refractivity contribution in [3.05, 3.63) is 35.9 Å². The number of unbranched alkanes of at least 4 members (excludes halogenated alkanes) is 2. The summed E-state index contributed by atoms with van der Waals surface area (Å²) in [5.41, 5.74) is 1.37. The highest BCUT2D eigenvalue weighted by Gasteiger charge is 2.20. The van der Waals surface area contributed by atoms with Gasteiger partial charge >= 0.3 is 0 Å². The van der Waals surface area contributed by atoms with Crippen LogP contribution in [0.1, 0.15) is 44.7 Å². The molecular formula is C16H28N2. The summed E-state index contributed by atoms with van der Waals surface area (Å²) in [6, 6.07) is 11.6. The number of nitrogens with zero attached hydrogens (tertiary/aromatic N) is 1. The minimum atomic E-state index is 0.401. The maximum atomic E-state index is 3.45. The Balaban J connectivity index is 2.59. The first kappa shape index (κ1) is 15.2. The van der Waals surface area contributed by atoms with Gasteiger partial charge in [0.15, 0.2) is 0 Å². The summed E-state index contributed by atoms with van der Waals surface area (Å²) in [4.78, 5) is 2.46. The number of nitrogens with one attached hydrogen (secondary N) is 1. The molecule has 0 radical (unpaired) electrons. The zero-order chi connectivity index (χ0) is 13.4. The summed E-state index contributed by atoms with van der Waals surface area (Å²) >= 11 is 0. The maximum absolute atomic E-state index is 3.45. The Morgan fingerprint density at radius 3 is 2.39 bits per heavy atom. The molecule has 0 aromatic heterocycles. The van der Waals surface area contributed by atoms with E-state index < -0.39 is 0 Å². The van der Waals surface area contributed by atoms with Gasteiger partial charge in [0.05, 0.1) is 0 Å². The first-order valence-corrected chi connectivity index (χ1v) is 7.13. The number of hydrogen-bond acceptors (Lipinski definition) is 2. The lowest BCUT2D eigenvalue weighted by Gasteiger charge is -2.32. The third kappa shape index (κ3) is 4.43. The summed E-state index contributed by atoms with van der Waals surface area (Å²) in [5.74, 6) is 0. The van der Waals surface area contributed by atoms with E-state index >= 15 is 0 Å². The first-order valence-electron chi connectivity index (χ1n) is 7.13. The normalized spacial score (nSPS) is 14.7. The molecule has 2 unspecified atom stereocenters. The second kappa shape index (κ2) is 8.28. The predicted molar refractivity (Wildman–Crippen MR) is 79.9 cm³/mol. The van der Waals surface area contributed by atoms with Crippen molar-refractivity contribution in [3.63, 3.8) is 0 Å². The largest absolute Gasteiger partial charge is 0.312 e. The Morgan fingerprint density at radius 1 is 1.17 bits per heavy atom. The van der Waals surface area contributed by atoms with Crippen LogP contribution < -0.4 is 5.32 Å². The van der Waals surface area contributed by atoms with Crippen molar-refractivity contribution >= 4 is 0 Å². The van der Waals surface area contributed by atoms with Crippen LogP contribution in [0.3, 0.4) is 0 Å². The van der Waals surface area contributed by atoms with Crippen LogP contribution in [-0.4, -0.2) is 31.6 Å². The van der Waals surface area contributed by atoms with Crippen molar-refractivity contribution in [3.8, 4) is 0 Å². The average molecular weight is 248 g/mol. The third-order valence-corrected chi connectivity index (χ3v) is 3.76. The van der Waals surface area contributed by atoms with Crippen molar-refractivity contribution in [2.75, 3.05) is 20.6 Å². The molecule has 1 rings (SSSR count). The monoisotopic (exact) mass is 248 g/mol. The standard InChI is InChI=1S/C16H28N2/c1-5-6-10-13-18(4)14(2)16(17-3)15-11-8-7-9-12-15/h7-9,11-12,14,16-17H,5-6,10,13H2,1-4H3. The molecule has 0 heterocycles. The molecule has 0 aliphatic heterocycles. The highest BCUT2D eigenvalue weighted by atomic mass is 15.2. The highest BCUT2D eigenvalue weighted by Crippen LogP contribution is 2.19. The van der Waals surface area contributed by atoms with Gasteiger partial charge in [-0.15, -0.1) is 0 Å². The molecule has 1 N–H and O–H groups in total. The van der Waals surface area contributed by atoms with E-state index in [2.05, 4.69) is 61.4 Å². The van der Waals surface area contributed by atoms with Crippen LogP contribution in [0.5, 0.6) is 0 Å². The Hall–Kier alpha value is -0.860. The average Bonchev–Trinajstić information content (AvgIpc) is 2.41. The zero-order valence-corrected chi connectivity index (χ0v) is 12.3. The fraction of sp³-hybridized carbons (Fsp3) is 0.625. The number of likely N-dealkylation sites (N-methyl/N-ethyl adjacent to an activating group) is 2. The van der Waals surface area contributed by atoms with Gasteiger partial charge in [-0.3, -0.25) is 0 Å². The van der Waals surface area contributed by atoms with Gasteiger partial charge in [0.25, 0.3) is 0 Å².